The molecule has 1 saturated carbocycles. The number of phenolic OH excluding ortho intramolecular Hbond substituents is 2. The van der Waals surface area contributed by atoms with Crippen molar-refractivity contribution in [2.75, 3.05) is 0 Å². The molecule has 0 saturated heterocycles. The molecule has 227 valence electrons. The quantitative estimate of drug-likeness (QED) is 0.434. The first kappa shape index (κ1) is 37.8. The summed E-state index contributed by atoms with van der Waals surface area (Å²) in [6.07, 6.45) is 9.64. The van der Waals surface area contributed by atoms with Crippen LogP contribution in [0, 0.1) is 11.8 Å². The summed E-state index contributed by atoms with van der Waals surface area (Å²) in [5.74, 6) is -0.419. The van der Waals surface area contributed by atoms with E-state index in [9.17, 15) is 10.2 Å². The van der Waals surface area contributed by atoms with E-state index < -0.39 is 11.9 Å². The third kappa shape index (κ3) is 17.3. The number of nitrogens with zero attached hydrogens (tertiary/aromatic N) is 2. The zero-order valence-corrected chi connectivity index (χ0v) is 26.0. The first-order valence-electron chi connectivity index (χ1n) is 13.8. The van der Waals surface area contributed by atoms with Gasteiger partial charge >= 0.3 is 16.8 Å². The van der Waals surface area contributed by atoms with Crippen molar-refractivity contribution in [1.82, 2.24) is 0 Å². The van der Waals surface area contributed by atoms with Gasteiger partial charge in [-0.15, -0.1) is 0 Å². The van der Waals surface area contributed by atoms with Crippen LogP contribution in [0.4, 0.5) is 0 Å². The first-order chi connectivity index (χ1) is 18.8. The van der Waals surface area contributed by atoms with Gasteiger partial charge in [-0.25, -0.2) is 0 Å². The van der Waals surface area contributed by atoms with Crippen molar-refractivity contribution < 1.29 is 46.8 Å². The van der Waals surface area contributed by atoms with E-state index in [1.807, 2.05) is 24.6 Å². The number of carbonyl (C=O) groups is 2. The van der Waals surface area contributed by atoms with Gasteiger partial charge in [0.15, 0.2) is 0 Å². The second kappa shape index (κ2) is 19.8. The standard InChI is InChI=1S/C28H38N2O2.2C2H4O2.Co/c1-19(2)13-21-5-11-27(31)23(15-21)17-29-25-7-9-26(10-8-25)30-18-24-16-22(14-20(3)4)6-12-28(24)32;2*1-2(3)4;/h5-6,11-12,15-20,25-26,31-32H,7-10,13-14H2,1-4H3;2*1H3,(H,3,4);/q;;;+2/p-2. The molecular formula is C32H44CoN2O6. The van der Waals surface area contributed by atoms with Crippen LogP contribution in [0.5, 0.6) is 11.5 Å². The van der Waals surface area contributed by atoms with Crippen LogP contribution in [-0.2, 0) is 39.2 Å². The first-order valence-corrected chi connectivity index (χ1v) is 13.8. The van der Waals surface area contributed by atoms with Crippen molar-refractivity contribution in [3.05, 3.63) is 58.7 Å². The van der Waals surface area contributed by atoms with Crippen LogP contribution in [0.3, 0.4) is 0 Å². The summed E-state index contributed by atoms with van der Waals surface area (Å²) in [6.45, 7) is 10.7. The third-order valence-corrected chi connectivity index (χ3v) is 5.99. The fourth-order valence-corrected chi connectivity index (χ4v) is 4.34. The number of carbonyl (C=O) groups excluding carboxylic acids is 2. The van der Waals surface area contributed by atoms with E-state index in [2.05, 4.69) is 39.8 Å². The summed E-state index contributed by atoms with van der Waals surface area (Å²) in [4.78, 5) is 27.3. The number of benzene rings is 2. The van der Waals surface area contributed by atoms with Gasteiger partial charge in [0.2, 0.25) is 0 Å². The molecule has 1 aliphatic rings. The fourth-order valence-electron chi connectivity index (χ4n) is 4.34. The maximum Gasteiger partial charge on any atom is 2.00 e. The number of carboxylic acids is 2. The minimum Gasteiger partial charge on any atom is -0.550 e. The molecule has 0 atom stereocenters. The number of aromatic hydroxyl groups is 2. The number of carboxylic acid groups (broad SMARTS) is 2. The molecule has 1 aliphatic carbocycles. The zero-order valence-electron chi connectivity index (χ0n) is 24.9. The van der Waals surface area contributed by atoms with Crippen molar-refractivity contribution in [1.29, 1.82) is 0 Å². The molecular weight excluding hydrogens is 567 g/mol. The normalized spacial score (nSPS) is 16.5. The van der Waals surface area contributed by atoms with Gasteiger partial charge in [-0.05, 0) is 99.6 Å². The van der Waals surface area contributed by atoms with E-state index in [0.29, 0.717) is 23.3 Å². The number of rotatable bonds is 8. The molecule has 0 heterocycles. The van der Waals surface area contributed by atoms with E-state index in [1.54, 1.807) is 12.1 Å². The Labute approximate surface area is 254 Å². The monoisotopic (exact) mass is 611 g/mol. The average molecular weight is 612 g/mol. The summed E-state index contributed by atoms with van der Waals surface area (Å²) in [6, 6.07) is 12.2. The molecule has 0 spiro atoms. The summed E-state index contributed by atoms with van der Waals surface area (Å²) in [7, 11) is 0. The molecule has 41 heavy (non-hydrogen) atoms. The van der Waals surface area contributed by atoms with Crippen molar-refractivity contribution in [2.45, 2.75) is 92.2 Å². The molecule has 2 aromatic carbocycles. The van der Waals surface area contributed by atoms with Crippen LogP contribution in [0.2, 0.25) is 0 Å². The van der Waals surface area contributed by atoms with E-state index in [0.717, 1.165) is 63.5 Å². The van der Waals surface area contributed by atoms with Crippen molar-refractivity contribution in [3.63, 3.8) is 0 Å². The van der Waals surface area contributed by atoms with Gasteiger partial charge < -0.3 is 30.0 Å². The molecule has 1 fully saturated rings. The van der Waals surface area contributed by atoms with Crippen LogP contribution in [0.1, 0.15) is 89.5 Å². The molecule has 9 heteroatoms. The number of aliphatic imine (C=N–C) groups is 2. The predicted octanol–water partition coefficient (Wildman–Crippen LogP) is 3.85. The van der Waals surface area contributed by atoms with Gasteiger partial charge in [0.05, 0.1) is 12.1 Å². The Morgan fingerprint density at radius 3 is 1.32 bits per heavy atom. The topological polar surface area (TPSA) is 145 Å². The minimum atomic E-state index is -1.08. The molecule has 0 amide bonds. The summed E-state index contributed by atoms with van der Waals surface area (Å²) < 4.78 is 0. The predicted molar refractivity (Wildman–Crippen MR) is 156 cm³/mol. The number of phenols is 2. The summed E-state index contributed by atoms with van der Waals surface area (Å²) in [5.41, 5.74) is 4.08. The summed E-state index contributed by atoms with van der Waals surface area (Å²) in [5, 5.41) is 38.1. The number of hydrogen-bond donors (Lipinski definition) is 2. The Balaban J connectivity index is 0.00000158. The average Bonchev–Trinajstić information content (AvgIpc) is 2.84. The van der Waals surface area contributed by atoms with E-state index in [1.165, 1.54) is 11.1 Å². The fraction of sp³-hybridized carbons (Fsp3) is 0.500. The van der Waals surface area contributed by atoms with Gasteiger partial charge in [0, 0.05) is 35.5 Å². The van der Waals surface area contributed by atoms with Crippen LogP contribution in [-0.4, -0.2) is 46.7 Å². The second-order valence-electron chi connectivity index (χ2n) is 11.0. The molecule has 2 N–H and O–H groups in total. The zero-order chi connectivity index (χ0) is 30.2. The molecule has 0 bridgehead atoms. The van der Waals surface area contributed by atoms with E-state index in [4.69, 9.17) is 29.8 Å². The van der Waals surface area contributed by atoms with Crippen LogP contribution in [0.15, 0.2) is 46.4 Å². The maximum atomic E-state index is 10.2. The Kier molecular flexibility index (Phi) is 18.3. The maximum absolute atomic E-state index is 10.2. The van der Waals surface area contributed by atoms with E-state index >= 15 is 0 Å². The summed E-state index contributed by atoms with van der Waals surface area (Å²) >= 11 is 0. The van der Waals surface area contributed by atoms with Gasteiger partial charge in [0.25, 0.3) is 0 Å². The Morgan fingerprint density at radius 2 is 1.05 bits per heavy atom. The Bertz CT molecular complexity index is 1040. The molecule has 0 aliphatic heterocycles. The van der Waals surface area contributed by atoms with Gasteiger partial charge in [0.1, 0.15) is 11.5 Å². The number of hydrogen-bond acceptors (Lipinski definition) is 8. The smallest absolute Gasteiger partial charge is 0.550 e. The molecule has 2 aromatic rings. The molecule has 0 unspecified atom stereocenters. The van der Waals surface area contributed by atoms with Crippen molar-refractivity contribution in [3.8, 4) is 11.5 Å². The Morgan fingerprint density at radius 1 is 0.756 bits per heavy atom. The van der Waals surface area contributed by atoms with Crippen LogP contribution < -0.4 is 10.2 Å². The van der Waals surface area contributed by atoms with E-state index in [-0.39, 0.29) is 28.9 Å². The third-order valence-electron chi connectivity index (χ3n) is 5.99. The molecule has 8 nitrogen and oxygen atoms in total. The number of aliphatic carboxylic acids is 2. The molecule has 1 radical (unpaired) electrons. The largest absolute Gasteiger partial charge is 2.00 e. The second-order valence-corrected chi connectivity index (χ2v) is 11.0. The molecule has 0 aromatic heterocycles. The van der Waals surface area contributed by atoms with Crippen LogP contribution >= 0.6 is 0 Å². The Hall–Kier alpha value is -3.17. The van der Waals surface area contributed by atoms with Gasteiger partial charge in [-0.1, -0.05) is 39.8 Å². The molecule has 3 rings (SSSR count). The minimum absolute atomic E-state index is 0. The van der Waals surface area contributed by atoms with Gasteiger partial charge in [-0.2, -0.15) is 0 Å². The van der Waals surface area contributed by atoms with Gasteiger partial charge in [-0.3, -0.25) is 9.98 Å². The van der Waals surface area contributed by atoms with Crippen molar-refractivity contribution in [2.24, 2.45) is 21.8 Å². The SMILES string of the molecule is CC(=O)[O-].CC(=O)[O-].CC(C)Cc1ccc(O)c(C=NC2CCC(N=Cc3cc(CC(C)C)ccc3O)CC2)c1.[Co+2]. The van der Waals surface area contributed by atoms with Crippen molar-refractivity contribution >= 4 is 24.4 Å². The van der Waals surface area contributed by atoms with Crippen LogP contribution in [0.25, 0.3) is 0 Å².